The molecule has 146 valence electrons. The van der Waals surface area contributed by atoms with Crippen molar-refractivity contribution >= 4 is 5.91 Å². The number of hydrogen-bond donors (Lipinski definition) is 1. The number of ether oxygens (including phenoxy) is 1. The average Bonchev–Trinajstić information content (AvgIpc) is 3.16. The first-order valence-electron chi connectivity index (χ1n) is 9.30. The van der Waals surface area contributed by atoms with Crippen LogP contribution in [0.5, 0.6) is 5.75 Å². The third-order valence-electron chi connectivity index (χ3n) is 4.08. The number of pyridine rings is 1. The number of carbonyl (C=O) groups excluding carboxylic acids is 1. The molecule has 0 bridgehead atoms. The Morgan fingerprint density at radius 1 is 1.18 bits per heavy atom. The largest absolute Gasteiger partial charge is 0.491 e. The summed E-state index contributed by atoms with van der Waals surface area (Å²) in [5.41, 5.74) is 1.82. The minimum Gasteiger partial charge on any atom is -0.491 e. The monoisotopic (exact) mass is 380 g/mol. The molecule has 2 aromatic heterocycles. The zero-order chi connectivity index (χ0) is 19.9. The number of aryl methyl sites for hydroxylation is 1. The maximum Gasteiger partial charge on any atom is 0.227 e. The van der Waals surface area contributed by atoms with Crippen molar-refractivity contribution in [3.8, 4) is 17.1 Å². The van der Waals surface area contributed by atoms with E-state index in [0.717, 1.165) is 16.9 Å². The molecule has 1 amide bonds. The van der Waals surface area contributed by atoms with Crippen LogP contribution in [0.4, 0.5) is 0 Å². The maximum atomic E-state index is 12.3. The molecule has 0 aliphatic carbocycles. The Bertz CT molecular complexity index is 909. The van der Waals surface area contributed by atoms with Crippen molar-refractivity contribution in [3.05, 3.63) is 60.2 Å². The van der Waals surface area contributed by atoms with E-state index in [4.69, 9.17) is 9.26 Å². The zero-order valence-corrected chi connectivity index (χ0v) is 16.3. The van der Waals surface area contributed by atoms with Gasteiger partial charge >= 0.3 is 0 Å². The number of rotatable bonds is 8. The molecule has 1 unspecified atom stereocenters. The van der Waals surface area contributed by atoms with Crippen molar-refractivity contribution in [2.45, 2.75) is 45.8 Å². The molecule has 28 heavy (non-hydrogen) atoms. The summed E-state index contributed by atoms with van der Waals surface area (Å²) < 4.78 is 10.9. The molecule has 7 heteroatoms. The number of hydrogen-bond acceptors (Lipinski definition) is 6. The lowest BCUT2D eigenvalue weighted by Crippen LogP contribution is -2.26. The van der Waals surface area contributed by atoms with E-state index in [-0.39, 0.29) is 24.5 Å². The number of nitrogens with one attached hydrogen (secondary N) is 1. The Hall–Kier alpha value is -3.22. The van der Waals surface area contributed by atoms with Gasteiger partial charge in [-0.15, -0.1) is 0 Å². The number of carbonyl (C=O) groups is 1. The fourth-order valence-corrected chi connectivity index (χ4v) is 2.72. The standard InChI is InChI=1S/C21H24N4O3/c1-14(2)27-18-6-4-5-17(13-18)15(3)23-19(26)7-8-20-24-21(25-28-20)16-9-11-22-12-10-16/h4-6,9-15H,7-8H2,1-3H3,(H,23,26). The molecule has 1 N–H and O–H groups in total. The molecule has 0 radical (unpaired) electrons. The van der Waals surface area contributed by atoms with E-state index in [2.05, 4.69) is 20.4 Å². The van der Waals surface area contributed by atoms with Crippen LogP contribution in [0.1, 0.15) is 44.7 Å². The van der Waals surface area contributed by atoms with Gasteiger partial charge in [0.25, 0.3) is 0 Å². The molecule has 0 saturated heterocycles. The summed E-state index contributed by atoms with van der Waals surface area (Å²) >= 11 is 0. The number of benzene rings is 1. The minimum atomic E-state index is -0.127. The molecule has 0 saturated carbocycles. The van der Waals surface area contributed by atoms with Gasteiger partial charge in [0.15, 0.2) is 0 Å². The van der Waals surface area contributed by atoms with Crippen molar-refractivity contribution < 1.29 is 14.1 Å². The van der Waals surface area contributed by atoms with Crippen LogP contribution < -0.4 is 10.1 Å². The van der Waals surface area contributed by atoms with Gasteiger partial charge < -0.3 is 14.6 Å². The Morgan fingerprint density at radius 2 is 1.96 bits per heavy atom. The zero-order valence-electron chi connectivity index (χ0n) is 16.3. The molecule has 0 fully saturated rings. The number of amides is 1. The number of aromatic nitrogens is 3. The lowest BCUT2D eigenvalue weighted by molar-refractivity contribution is -0.121. The van der Waals surface area contributed by atoms with Crippen LogP contribution in [0.3, 0.4) is 0 Å². The smallest absolute Gasteiger partial charge is 0.227 e. The van der Waals surface area contributed by atoms with Gasteiger partial charge in [-0.2, -0.15) is 4.98 Å². The summed E-state index contributed by atoms with van der Waals surface area (Å²) in [6, 6.07) is 11.2. The van der Waals surface area contributed by atoms with Crippen molar-refractivity contribution in [2.24, 2.45) is 0 Å². The quantitative estimate of drug-likeness (QED) is 0.640. The highest BCUT2D eigenvalue weighted by molar-refractivity contribution is 5.76. The Morgan fingerprint density at radius 3 is 2.71 bits per heavy atom. The maximum absolute atomic E-state index is 12.3. The summed E-state index contributed by atoms with van der Waals surface area (Å²) in [6.45, 7) is 5.91. The molecule has 1 atom stereocenters. The molecule has 7 nitrogen and oxygen atoms in total. The lowest BCUT2D eigenvalue weighted by Gasteiger charge is -2.16. The van der Waals surface area contributed by atoms with Gasteiger partial charge in [-0.1, -0.05) is 17.3 Å². The van der Waals surface area contributed by atoms with Gasteiger partial charge in [0.1, 0.15) is 5.75 Å². The second kappa shape index (κ2) is 9.12. The molecule has 3 rings (SSSR count). The van der Waals surface area contributed by atoms with Gasteiger partial charge in [0.2, 0.25) is 17.6 Å². The molecule has 0 aliphatic heterocycles. The third-order valence-corrected chi connectivity index (χ3v) is 4.08. The van der Waals surface area contributed by atoms with Gasteiger partial charge in [0.05, 0.1) is 12.1 Å². The summed E-state index contributed by atoms with van der Waals surface area (Å²) in [5.74, 6) is 1.64. The fraction of sp³-hybridized carbons (Fsp3) is 0.333. The first kappa shape index (κ1) is 19.5. The van der Waals surface area contributed by atoms with Crippen LogP contribution in [0.15, 0.2) is 53.3 Å². The Labute approximate surface area is 164 Å². The van der Waals surface area contributed by atoms with E-state index in [1.165, 1.54) is 0 Å². The van der Waals surface area contributed by atoms with Crippen LogP contribution in [-0.4, -0.2) is 27.1 Å². The van der Waals surface area contributed by atoms with E-state index >= 15 is 0 Å². The highest BCUT2D eigenvalue weighted by Crippen LogP contribution is 2.20. The van der Waals surface area contributed by atoms with E-state index in [1.807, 2.05) is 45.0 Å². The van der Waals surface area contributed by atoms with Gasteiger partial charge in [-0.05, 0) is 50.6 Å². The fourth-order valence-electron chi connectivity index (χ4n) is 2.72. The lowest BCUT2D eigenvalue weighted by atomic mass is 10.1. The minimum absolute atomic E-state index is 0.0775. The van der Waals surface area contributed by atoms with Crippen LogP contribution >= 0.6 is 0 Å². The molecule has 0 spiro atoms. The Balaban J connectivity index is 1.52. The average molecular weight is 380 g/mol. The van der Waals surface area contributed by atoms with Crippen LogP contribution in [-0.2, 0) is 11.2 Å². The number of nitrogens with zero attached hydrogens (tertiary/aromatic N) is 3. The molecule has 0 aliphatic rings. The Kier molecular flexibility index (Phi) is 6.37. The van der Waals surface area contributed by atoms with Crippen molar-refractivity contribution in [1.29, 1.82) is 0 Å². The topological polar surface area (TPSA) is 90.1 Å². The van der Waals surface area contributed by atoms with Crippen LogP contribution in [0.25, 0.3) is 11.4 Å². The summed E-state index contributed by atoms with van der Waals surface area (Å²) in [6.07, 6.45) is 4.09. The molecule has 1 aromatic carbocycles. The van der Waals surface area contributed by atoms with Gasteiger partial charge in [-0.25, -0.2) is 0 Å². The second-order valence-electron chi connectivity index (χ2n) is 6.78. The van der Waals surface area contributed by atoms with E-state index in [0.29, 0.717) is 18.1 Å². The summed E-state index contributed by atoms with van der Waals surface area (Å²) in [7, 11) is 0. The highest BCUT2D eigenvalue weighted by atomic mass is 16.5. The SMILES string of the molecule is CC(C)Oc1cccc(C(C)NC(=O)CCc2nc(-c3ccncc3)no2)c1. The first-order valence-corrected chi connectivity index (χ1v) is 9.30. The van der Waals surface area contributed by atoms with E-state index < -0.39 is 0 Å². The molecular formula is C21H24N4O3. The molecule has 2 heterocycles. The predicted octanol–water partition coefficient (Wildman–Crippen LogP) is 3.73. The summed E-state index contributed by atoms with van der Waals surface area (Å²) in [5, 5.41) is 6.94. The first-order chi connectivity index (χ1) is 13.5. The van der Waals surface area contributed by atoms with Crippen LogP contribution in [0.2, 0.25) is 0 Å². The predicted molar refractivity (Wildman–Crippen MR) is 105 cm³/mol. The second-order valence-corrected chi connectivity index (χ2v) is 6.78. The van der Waals surface area contributed by atoms with Gasteiger partial charge in [-0.3, -0.25) is 9.78 Å². The van der Waals surface area contributed by atoms with Crippen LogP contribution in [0, 0.1) is 0 Å². The van der Waals surface area contributed by atoms with Gasteiger partial charge in [0, 0.05) is 30.8 Å². The van der Waals surface area contributed by atoms with Crippen molar-refractivity contribution in [3.63, 3.8) is 0 Å². The van der Waals surface area contributed by atoms with Crippen molar-refractivity contribution in [1.82, 2.24) is 20.4 Å². The normalized spacial score (nSPS) is 12.0. The van der Waals surface area contributed by atoms with E-state index in [1.54, 1.807) is 24.5 Å². The van der Waals surface area contributed by atoms with E-state index in [9.17, 15) is 4.79 Å². The third kappa shape index (κ3) is 5.39. The van der Waals surface area contributed by atoms with Crippen molar-refractivity contribution in [2.75, 3.05) is 0 Å². The molecular weight excluding hydrogens is 356 g/mol. The highest BCUT2D eigenvalue weighted by Gasteiger charge is 2.14. The summed E-state index contributed by atoms with van der Waals surface area (Å²) in [4.78, 5) is 20.6. The molecule has 3 aromatic rings.